The molecule has 0 radical (unpaired) electrons. The maximum atomic E-state index is 6.01. The number of rotatable bonds is 4. The Morgan fingerprint density at radius 1 is 0.463 bits per heavy atom. The van der Waals surface area contributed by atoms with Gasteiger partial charge in [-0.2, -0.15) is 0 Å². The van der Waals surface area contributed by atoms with Gasteiger partial charge >= 0.3 is 0 Å². The van der Waals surface area contributed by atoms with Crippen LogP contribution >= 0.6 is 0 Å². The van der Waals surface area contributed by atoms with Crippen molar-refractivity contribution >= 4 is 33.3 Å². The molecule has 0 spiro atoms. The average Bonchev–Trinajstić information content (AvgIpc) is 3.49. The van der Waals surface area contributed by atoms with Crippen LogP contribution in [0, 0.1) is 0 Å². The van der Waals surface area contributed by atoms with Crippen molar-refractivity contribution in [3.8, 4) is 33.4 Å². The summed E-state index contributed by atoms with van der Waals surface area (Å²) in [6.07, 6.45) is 0. The fourth-order valence-electron chi connectivity index (χ4n) is 6.46. The van der Waals surface area contributed by atoms with Crippen LogP contribution in [0.1, 0.15) is 25.0 Å². The van der Waals surface area contributed by atoms with Crippen LogP contribution in [0.3, 0.4) is 0 Å². The van der Waals surface area contributed by atoms with Gasteiger partial charge < -0.3 is 9.73 Å². The molecule has 7 aromatic rings. The summed E-state index contributed by atoms with van der Waals surface area (Å²) in [5, 5.41) is 5.95. The fraction of sp³-hybridized carbons (Fsp3) is 0.0769. The van der Waals surface area contributed by atoms with Crippen LogP contribution in [0.5, 0.6) is 0 Å². The minimum absolute atomic E-state index is 0.0582. The SMILES string of the molecule is CC1(C)c2ccc(-c3ccccc3)cc2-c2ccc(Nc3ccc(-c4ccc5oc6ccccc6c5c4)cc3)cc21. The van der Waals surface area contributed by atoms with Gasteiger partial charge in [0, 0.05) is 27.6 Å². The third kappa shape index (κ3) is 3.87. The Bertz CT molecular complexity index is 2080. The monoisotopic (exact) mass is 527 g/mol. The smallest absolute Gasteiger partial charge is 0.135 e. The molecule has 0 bridgehead atoms. The minimum atomic E-state index is -0.0582. The van der Waals surface area contributed by atoms with Gasteiger partial charge in [-0.3, -0.25) is 0 Å². The van der Waals surface area contributed by atoms with Gasteiger partial charge in [-0.15, -0.1) is 0 Å². The Labute approximate surface area is 239 Å². The summed E-state index contributed by atoms with van der Waals surface area (Å²) < 4.78 is 6.01. The van der Waals surface area contributed by atoms with E-state index in [1.165, 1.54) is 44.5 Å². The third-order valence-electron chi connectivity index (χ3n) is 8.67. The van der Waals surface area contributed by atoms with E-state index in [0.717, 1.165) is 33.3 Å². The molecular formula is C39H29NO. The molecule has 1 aromatic heterocycles. The van der Waals surface area contributed by atoms with E-state index in [2.05, 4.69) is 140 Å². The summed E-state index contributed by atoms with van der Waals surface area (Å²) in [7, 11) is 0. The van der Waals surface area contributed by atoms with Crippen LogP contribution in [0.2, 0.25) is 0 Å². The number of para-hydroxylation sites is 1. The molecule has 8 rings (SSSR count). The first-order valence-corrected chi connectivity index (χ1v) is 14.2. The molecule has 0 atom stereocenters. The first kappa shape index (κ1) is 23.8. The molecule has 6 aromatic carbocycles. The molecule has 0 unspecified atom stereocenters. The van der Waals surface area contributed by atoms with Crippen LogP contribution < -0.4 is 5.32 Å². The lowest BCUT2D eigenvalue weighted by atomic mass is 9.82. The second-order valence-electron chi connectivity index (χ2n) is 11.5. The quantitative estimate of drug-likeness (QED) is 0.246. The summed E-state index contributed by atoms with van der Waals surface area (Å²) in [6.45, 7) is 4.66. The summed E-state index contributed by atoms with van der Waals surface area (Å²) >= 11 is 0. The van der Waals surface area contributed by atoms with Crippen molar-refractivity contribution in [2.24, 2.45) is 0 Å². The Morgan fingerprint density at radius 2 is 1.12 bits per heavy atom. The second-order valence-corrected chi connectivity index (χ2v) is 11.5. The van der Waals surface area contributed by atoms with E-state index >= 15 is 0 Å². The number of benzene rings is 6. The highest BCUT2D eigenvalue weighted by atomic mass is 16.3. The van der Waals surface area contributed by atoms with E-state index < -0.39 is 0 Å². The molecule has 1 heterocycles. The molecule has 1 aliphatic rings. The lowest BCUT2D eigenvalue weighted by Crippen LogP contribution is -2.15. The molecule has 0 aliphatic heterocycles. The highest BCUT2D eigenvalue weighted by Gasteiger charge is 2.35. The molecular weight excluding hydrogens is 498 g/mol. The van der Waals surface area contributed by atoms with E-state index in [-0.39, 0.29) is 5.41 Å². The number of furan rings is 1. The Kier molecular flexibility index (Phi) is 5.20. The Hall–Kier alpha value is -5.08. The van der Waals surface area contributed by atoms with Crippen LogP contribution in [0.4, 0.5) is 11.4 Å². The van der Waals surface area contributed by atoms with Crippen molar-refractivity contribution in [3.05, 3.63) is 145 Å². The number of fused-ring (bicyclic) bond motifs is 6. The molecule has 196 valence electrons. The summed E-state index contributed by atoms with van der Waals surface area (Å²) in [6, 6.07) is 47.7. The van der Waals surface area contributed by atoms with Crippen LogP contribution in [-0.2, 0) is 5.41 Å². The Morgan fingerprint density at radius 3 is 1.98 bits per heavy atom. The van der Waals surface area contributed by atoms with Crippen molar-refractivity contribution in [1.82, 2.24) is 0 Å². The van der Waals surface area contributed by atoms with Gasteiger partial charge in [0.1, 0.15) is 11.2 Å². The van der Waals surface area contributed by atoms with Crippen molar-refractivity contribution < 1.29 is 4.42 Å². The number of nitrogens with one attached hydrogen (secondary N) is 1. The van der Waals surface area contributed by atoms with Crippen molar-refractivity contribution in [3.63, 3.8) is 0 Å². The highest BCUT2D eigenvalue weighted by molar-refractivity contribution is 6.06. The van der Waals surface area contributed by atoms with Gasteiger partial charge in [0.15, 0.2) is 0 Å². The first-order valence-electron chi connectivity index (χ1n) is 14.2. The maximum absolute atomic E-state index is 6.01. The highest BCUT2D eigenvalue weighted by Crippen LogP contribution is 2.50. The molecule has 1 aliphatic carbocycles. The Balaban J connectivity index is 1.08. The molecule has 41 heavy (non-hydrogen) atoms. The first-order chi connectivity index (χ1) is 20.0. The van der Waals surface area contributed by atoms with Crippen molar-refractivity contribution in [1.29, 1.82) is 0 Å². The molecule has 0 amide bonds. The van der Waals surface area contributed by atoms with E-state index in [9.17, 15) is 0 Å². The van der Waals surface area contributed by atoms with Crippen LogP contribution in [0.25, 0.3) is 55.3 Å². The number of anilines is 2. The topological polar surface area (TPSA) is 25.2 Å². The minimum Gasteiger partial charge on any atom is -0.456 e. The van der Waals surface area contributed by atoms with Crippen LogP contribution in [-0.4, -0.2) is 0 Å². The van der Waals surface area contributed by atoms with Gasteiger partial charge in [-0.25, -0.2) is 0 Å². The number of hydrogen-bond donors (Lipinski definition) is 1. The van der Waals surface area contributed by atoms with E-state index in [4.69, 9.17) is 4.42 Å². The van der Waals surface area contributed by atoms with Crippen molar-refractivity contribution in [2.45, 2.75) is 19.3 Å². The average molecular weight is 528 g/mol. The number of hydrogen-bond acceptors (Lipinski definition) is 2. The van der Waals surface area contributed by atoms with E-state index in [1.807, 2.05) is 12.1 Å². The van der Waals surface area contributed by atoms with E-state index in [1.54, 1.807) is 0 Å². The van der Waals surface area contributed by atoms with Gasteiger partial charge in [0.05, 0.1) is 0 Å². The van der Waals surface area contributed by atoms with Gasteiger partial charge in [0.2, 0.25) is 0 Å². The molecule has 0 saturated heterocycles. The normalized spacial score (nSPS) is 13.3. The zero-order valence-electron chi connectivity index (χ0n) is 23.1. The molecule has 2 nitrogen and oxygen atoms in total. The molecule has 0 saturated carbocycles. The van der Waals surface area contributed by atoms with Gasteiger partial charge in [-0.05, 0) is 93.0 Å². The van der Waals surface area contributed by atoms with Gasteiger partial charge in [-0.1, -0.05) is 98.8 Å². The summed E-state index contributed by atoms with van der Waals surface area (Å²) in [4.78, 5) is 0. The largest absolute Gasteiger partial charge is 0.456 e. The predicted molar refractivity (Wildman–Crippen MR) is 172 cm³/mol. The molecule has 2 heteroatoms. The van der Waals surface area contributed by atoms with E-state index in [0.29, 0.717) is 0 Å². The predicted octanol–water partition coefficient (Wildman–Crippen LogP) is 11.0. The fourth-order valence-corrected chi connectivity index (χ4v) is 6.46. The molecule has 0 fully saturated rings. The summed E-state index contributed by atoms with van der Waals surface area (Å²) in [5.74, 6) is 0. The molecule has 1 N–H and O–H groups in total. The van der Waals surface area contributed by atoms with Gasteiger partial charge in [0.25, 0.3) is 0 Å². The zero-order valence-corrected chi connectivity index (χ0v) is 23.1. The zero-order chi connectivity index (χ0) is 27.6. The standard InChI is InChI=1S/C39H29NO/c1-39(2)35-20-14-27(25-8-4-3-5-9-25)22-33(35)31-19-18-30(24-36(31)39)40-29-16-12-26(13-17-29)28-15-21-38-34(23-28)32-10-6-7-11-37(32)41-38/h3-24,40H,1-2H3. The summed E-state index contributed by atoms with van der Waals surface area (Å²) in [5.41, 5.74) is 14.3. The maximum Gasteiger partial charge on any atom is 0.135 e. The lowest BCUT2D eigenvalue weighted by molar-refractivity contribution is 0.660. The third-order valence-corrected chi connectivity index (χ3v) is 8.67. The van der Waals surface area contributed by atoms with Crippen LogP contribution in [0.15, 0.2) is 138 Å². The lowest BCUT2D eigenvalue weighted by Gasteiger charge is -2.22. The second kappa shape index (κ2) is 8.97. The van der Waals surface area contributed by atoms with Crippen molar-refractivity contribution in [2.75, 3.05) is 5.32 Å².